The Labute approximate surface area is 85.8 Å². The summed E-state index contributed by atoms with van der Waals surface area (Å²) in [5.74, 6) is 2.64. The first kappa shape index (κ1) is 8.04. The number of halogens is 1. The first-order valence-electron chi connectivity index (χ1n) is 4.94. The zero-order valence-corrected chi connectivity index (χ0v) is 9.01. The van der Waals surface area contributed by atoms with E-state index in [1.165, 1.54) is 37.0 Å². The van der Waals surface area contributed by atoms with Crippen LogP contribution in [0.5, 0.6) is 0 Å². The van der Waals surface area contributed by atoms with Crippen LogP contribution in [0.4, 0.5) is 0 Å². The molecule has 13 heavy (non-hydrogen) atoms. The Bertz CT molecular complexity index is 326. The molecule has 0 atom stereocenters. The number of alkyl halides is 1. The Balaban J connectivity index is 2.15. The second-order valence-electron chi connectivity index (χ2n) is 4.09. The summed E-state index contributed by atoms with van der Waals surface area (Å²) >= 11 is 3.46. The highest BCUT2D eigenvalue weighted by atomic mass is 79.9. The van der Waals surface area contributed by atoms with Gasteiger partial charge in [0.1, 0.15) is 5.76 Å². The summed E-state index contributed by atoms with van der Waals surface area (Å²) < 4.78 is 5.43. The average Bonchev–Trinajstić information content (AvgIpc) is 2.64. The van der Waals surface area contributed by atoms with E-state index in [9.17, 15) is 0 Å². The summed E-state index contributed by atoms with van der Waals surface area (Å²) in [6.07, 6.45) is 5.32. The highest BCUT2D eigenvalue weighted by molar-refractivity contribution is 9.08. The van der Waals surface area contributed by atoms with Gasteiger partial charge in [-0.2, -0.15) is 0 Å². The minimum absolute atomic E-state index is 0.681. The van der Waals surface area contributed by atoms with E-state index in [4.69, 9.17) is 4.52 Å². The molecule has 1 saturated carbocycles. The number of nitrogens with zero attached hydrogens (tertiary/aromatic N) is 1. The third kappa shape index (κ3) is 1.03. The molecule has 2 bridgehead atoms. The summed E-state index contributed by atoms with van der Waals surface area (Å²) in [4.78, 5) is 0. The molecule has 1 aromatic rings. The van der Waals surface area contributed by atoms with Crippen LogP contribution in [0.3, 0.4) is 0 Å². The minimum atomic E-state index is 0.681. The maximum Gasteiger partial charge on any atom is 0.143 e. The second-order valence-corrected chi connectivity index (χ2v) is 4.65. The second kappa shape index (κ2) is 2.84. The Hall–Kier alpha value is -0.310. The van der Waals surface area contributed by atoms with Crippen molar-refractivity contribution in [2.24, 2.45) is 0 Å². The Morgan fingerprint density at radius 3 is 2.62 bits per heavy atom. The highest BCUT2D eigenvalue weighted by Gasteiger charge is 2.38. The van der Waals surface area contributed by atoms with E-state index in [-0.39, 0.29) is 0 Å². The molecular weight excluding hydrogens is 230 g/mol. The lowest BCUT2D eigenvalue weighted by Gasteiger charge is -2.34. The summed E-state index contributed by atoms with van der Waals surface area (Å²) in [5, 5.41) is 4.98. The van der Waals surface area contributed by atoms with Gasteiger partial charge in [-0.25, -0.2) is 0 Å². The molecule has 4 rings (SSSR count). The van der Waals surface area contributed by atoms with E-state index >= 15 is 0 Å². The van der Waals surface area contributed by atoms with Crippen LogP contribution in [0.15, 0.2) is 4.52 Å². The molecule has 0 saturated heterocycles. The van der Waals surface area contributed by atoms with Crippen LogP contribution < -0.4 is 0 Å². The van der Waals surface area contributed by atoms with Gasteiger partial charge in [-0.3, -0.25) is 0 Å². The van der Waals surface area contributed by atoms with Gasteiger partial charge in [0, 0.05) is 16.8 Å². The topological polar surface area (TPSA) is 26.0 Å². The van der Waals surface area contributed by atoms with Crippen molar-refractivity contribution in [1.82, 2.24) is 5.16 Å². The van der Waals surface area contributed by atoms with Gasteiger partial charge in [-0.15, -0.1) is 0 Å². The molecule has 0 spiro atoms. The number of hydrogen-bond donors (Lipinski definition) is 0. The van der Waals surface area contributed by atoms with E-state index in [1.54, 1.807) is 0 Å². The number of rotatable bonds is 1. The fourth-order valence-electron chi connectivity index (χ4n) is 2.82. The number of fused-ring (bicyclic) bond motifs is 2. The molecule has 0 amide bonds. The Kier molecular flexibility index (Phi) is 1.76. The van der Waals surface area contributed by atoms with Crippen LogP contribution in [-0.2, 0) is 5.33 Å². The maximum atomic E-state index is 5.43. The van der Waals surface area contributed by atoms with E-state index in [2.05, 4.69) is 21.1 Å². The minimum Gasteiger partial charge on any atom is -0.361 e. The zero-order valence-electron chi connectivity index (χ0n) is 7.42. The first-order valence-corrected chi connectivity index (χ1v) is 6.06. The molecule has 0 aliphatic heterocycles. The van der Waals surface area contributed by atoms with Gasteiger partial charge in [0.2, 0.25) is 0 Å². The zero-order chi connectivity index (χ0) is 8.84. The Morgan fingerprint density at radius 2 is 1.92 bits per heavy atom. The monoisotopic (exact) mass is 241 g/mol. The van der Waals surface area contributed by atoms with Crippen LogP contribution in [0.2, 0.25) is 0 Å². The predicted octanol–water partition coefficient (Wildman–Crippen LogP) is 3.32. The van der Waals surface area contributed by atoms with Crippen molar-refractivity contribution >= 4 is 15.9 Å². The van der Waals surface area contributed by atoms with Gasteiger partial charge in [-0.05, 0) is 31.6 Å². The number of aromatic nitrogens is 1. The van der Waals surface area contributed by atoms with Crippen LogP contribution in [-0.4, -0.2) is 5.16 Å². The molecular formula is C10H12BrNO. The molecule has 2 nitrogen and oxygen atoms in total. The van der Waals surface area contributed by atoms with Crippen molar-refractivity contribution in [3.8, 4) is 0 Å². The lowest BCUT2D eigenvalue weighted by atomic mass is 9.70. The van der Waals surface area contributed by atoms with E-state index in [1.807, 2.05) is 0 Å². The highest BCUT2D eigenvalue weighted by Crippen LogP contribution is 2.50. The standard InChI is InChI=1S/C10H12BrNO/c11-5-8-9-6-1-3-7(4-2-6)10(9)13-12-8/h6-7H,1-5H2. The lowest BCUT2D eigenvalue weighted by Crippen LogP contribution is -2.20. The molecule has 0 N–H and O–H groups in total. The lowest BCUT2D eigenvalue weighted by molar-refractivity contribution is 0.278. The normalized spacial score (nSPS) is 30.5. The SMILES string of the molecule is BrCc1noc2c1C1CCC2CC1. The molecule has 0 unspecified atom stereocenters. The molecule has 70 valence electrons. The fraction of sp³-hybridized carbons (Fsp3) is 0.700. The van der Waals surface area contributed by atoms with Crippen molar-refractivity contribution < 1.29 is 4.52 Å². The Morgan fingerprint density at radius 1 is 1.23 bits per heavy atom. The predicted molar refractivity (Wildman–Crippen MR) is 53.1 cm³/mol. The molecule has 3 aliphatic rings. The van der Waals surface area contributed by atoms with Gasteiger partial charge < -0.3 is 4.52 Å². The van der Waals surface area contributed by atoms with Crippen molar-refractivity contribution in [2.75, 3.05) is 0 Å². The van der Waals surface area contributed by atoms with Crippen molar-refractivity contribution in [1.29, 1.82) is 0 Å². The molecule has 3 aliphatic carbocycles. The molecule has 1 fully saturated rings. The summed E-state index contributed by atoms with van der Waals surface area (Å²) in [5.41, 5.74) is 2.59. The van der Waals surface area contributed by atoms with E-state index in [0.717, 1.165) is 16.9 Å². The van der Waals surface area contributed by atoms with Crippen LogP contribution in [0, 0.1) is 0 Å². The van der Waals surface area contributed by atoms with Crippen LogP contribution >= 0.6 is 15.9 Å². The summed E-state index contributed by atoms with van der Waals surface area (Å²) in [7, 11) is 0. The van der Waals surface area contributed by atoms with Crippen LogP contribution in [0.25, 0.3) is 0 Å². The van der Waals surface area contributed by atoms with Gasteiger partial charge in [-0.1, -0.05) is 21.1 Å². The van der Waals surface area contributed by atoms with Gasteiger partial charge in [0.25, 0.3) is 0 Å². The van der Waals surface area contributed by atoms with Crippen LogP contribution in [0.1, 0.15) is 54.5 Å². The number of hydrogen-bond acceptors (Lipinski definition) is 2. The fourth-order valence-corrected chi connectivity index (χ4v) is 3.22. The maximum absolute atomic E-state index is 5.43. The van der Waals surface area contributed by atoms with E-state index < -0.39 is 0 Å². The molecule has 1 aromatic heterocycles. The summed E-state index contributed by atoms with van der Waals surface area (Å²) in [6.45, 7) is 0. The summed E-state index contributed by atoms with van der Waals surface area (Å²) in [6, 6.07) is 0. The third-order valence-electron chi connectivity index (χ3n) is 3.46. The molecule has 0 radical (unpaired) electrons. The average molecular weight is 242 g/mol. The largest absolute Gasteiger partial charge is 0.361 e. The van der Waals surface area contributed by atoms with Crippen molar-refractivity contribution in [2.45, 2.75) is 42.8 Å². The smallest absolute Gasteiger partial charge is 0.143 e. The van der Waals surface area contributed by atoms with Gasteiger partial charge >= 0.3 is 0 Å². The van der Waals surface area contributed by atoms with E-state index in [0.29, 0.717) is 5.92 Å². The van der Waals surface area contributed by atoms with Crippen molar-refractivity contribution in [3.05, 3.63) is 17.0 Å². The quantitative estimate of drug-likeness (QED) is 0.706. The molecule has 0 aromatic carbocycles. The van der Waals surface area contributed by atoms with Gasteiger partial charge in [0.05, 0.1) is 5.69 Å². The molecule has 3 heteroatoms. The van der Waals surface area contributed by atoms with Crippen molar-refractivity contribution in [3.63, 3.8) is 0 Å². The third-order valence-corrected chi connectivity index (χ3v) is 3.99. The first-order chi connectivity index (χ1) is 6.40. The molecule has 1 heterocycles. The van der Waals surface area contributed by atoms with Gasteiger partial charge in [0.15, 0.2) is 0 Å².